The molecule has 4 nitrogen and oxygen atoms in total. The third-order valence-electron chi connectivity index (χ3n) is 4.08. The Hall–Kier alpha value is -2.93. The topological polar surface area (TPSA) is 48.7 Å². The summed E-state index contributed by atoms with van der Waals surface area (Å²) < 4.78 is 56.5. The molecule has 0 N–H and O–H groups in total. The number of fused-ring (bicyclic) bond motifs is 1. The van der Waals surface area contributed by atoms with Crippen molar-refractivity contribution in [2.24, 2.45) is 0 Å². The molecule has 0 unspecified atom stereocenters. The van der Waals surface area contributed by atoms with Crippen molar-refractivity contribution in [1.29, 1.82) is 0 Å². The van der Waals surface area contributed by atoms with E-state index in [0.29, 0.717) is 16.1 Å². The molecule has 0 amide bonds. The highest BCUT2D eigenvalue weighted by atomic mass is 35.5. The van der Waals surface area contributed by atoms with Crippen LogP contribution in [0.2, 0.25) is 5.02 Å². The summed E-state index contributed by atoms with van der Waals surface area (Å²) in [5.41, 5.74) is -0.00682. The molecule has 1 aromatic heterocycles. The first-order chi connectivity index (χ1) is 13.6. The zero-order valence-electron chi connectivity index (χ0n) is 15.5. The summed E-state index contributed by atoms with van der Waals surface area (Å²) in [5.74, 6) is -2.18. The third kappa shape index (κ3) is 4.24. The number of halogens is 4. The van der Waals surface area contributed by atoms with Crippen LogP contribution in [0.4, 0.5) is 13.2 Å². The van der Waals surface area contributed by atoms with E-state index in [2.05, 4.69) is 6.58 Å². The molecule has 1 heterocycles. The van der Waals surface area contributed by atoms with Crippen molar-refractivity contribution >= 4 is 22.6 Å². The second kappa shape index (κ2) is 7.83. The van der Waals surface area contributed by atoms with Gasteiger partial charge in [-0.25, -0.2) is 0 Å². The fourth-order valence-electron chi connectivity index (χ4n) is 2.76. The lowest BCUT2D eigenvalue weighted by Gasteiger charge is -2.15. The Bertz CT molecular complexity index is 1130. The van der Waals surface area contributed by atoms with E-state index >= 15 is 0 Å². The lowest BCUT2D eigenvalue weighted by molar-refractivity contribution is -0.154. The van der Waals surface area contributed by atoms with Crippen LogP contribution in [-0.4, -0.2) is 6.61 Å². The van der Waals surface area contributed by atoms with E-state index in [9.17, 15) is 18.0 Å². The fraction of sp³-hybridized carbons (Fsp3) is 0.190. The van der Waals surface area contributed by atoms with Gasteiger partial charge < -0.3 is 13.9 Å². The monoisotopic (exact) mass is 424 g/mol. The molecule has 0 aliphatic carbocycles. The summed E-state index contributed by atoms with van der Waals surface area (Å²) >= 11 is 6.08. The van der Waals surface area contributed by atoms with Crippen LogP contribution in [0.1, 0.15) is 16.9 Å². The first-order valence-corrected chi connectivity index (χ1v) is 8.86. The molecule has 0 saturated carbocycles. The fourth-order valence-corrected chi connectivity index (χ4v) is 2.87. The number of benzene rings is 2. The van der Waals surface area contributed by atoms with E-state index in [-0.39, 0.29) is 29.1 Å². The number of ether oxygens (including phenoxy) is 2. The van der Waals surface area contributed by atoms with Gasteiger partial charge in [0.15, 0.2) is 0 Å². The third-order valence-corrected chi connectivity index (χ3v) is 4.67. The maximum Gasteiger partial charge on any atom is 0.453 e. The smallest absolute Gasteiger partial charge is 0.453 e. The van der Waals surface area contributed by atoms with Gasteiger partial charge in [-0.05, 0) is 49.2 Å². The maximum atomic E-state index is 13.6. The molecule has 0 fully saturated rings. The van der Waals surface area contributed by atoms with Crippen LogP contribution in [0.3, 0.4) is 0 Å². The Morgan fingerprint density at radius 3 is 2.38 bits per heavy atom. The Balaban J connectivity index is 2.18. The lowest BCUT2D eigenvalue weighted by Crippen LogP contribution is -2.15. The molecule has 3 aromatic rings. The van der Waals surface area contributed by atoms with Gasteiger partial charge in [0.1, 0.15) is 23.7 Å². The molecule has 152 valence electrons. The summed E-state index contributed by atoms with van der Waals surface area (Å²) in [4.78, 5) is 12.8. The number of hydrogen-bond acceptors (Lipinski definition) is 4. The number of hydrogen-bond donors (Lipinski definition) is 0. The standard InChI is InChI=1S/C21H16ClF3O4/c1-4-7-27-13-5-6-15-16(10-13)29-20(21(23,24)25)19(18(15)26)28-14-8-11(2)17(22)12(3)9-14/h4-6,8-10H,1,7H2,2-3H3. The van der Waals surface area contributed by atoms with Gasteiger partial charge in [0.25, 0.3) is 5.76 Å². The first kappa shape index (κ1) is 20.8. The van der Waals surface area contributed by atoms with Crippen LogP contribution in [0, 0.1) is 13.8 Å². The summed E-state index contributed by atoms with van der Waals surface area (Å²) in [7, 11) is 0. The van der Waals surface area contributed by atoms with Crippen molar-refractivity contribution in [3.05, 3.63) is 75.1 Å². The van der Waals surface area contributed by atoms with Gasteiger partial charge in [0.05, 0.1) is 5.39 Å². The lowest BCUT2D eigenvalue weighted by atomic mass is 10.1. The second-order valence-electron chi connectivity index (χ2n) is 6.32. The van der Waals surface area contributed by atoms with Crippen LogP contribution in [0.25, 0.3) is 11.0 Å². The SMILES string of the molecule is C=CCOc1ccc2c(=O)c(Oc3cc(C)c(Cl)c(C)c3)c(C(F)(F)F)oc2c1. The molecule has 2 aromatic carbocycles. The van der Waals surface area contributed by atoms with Gasteiger partial charge in [0.2, 0.25) is 11.2 Å². The highest BCUT2D eigenvalue weighted by Gasteiger charge is 2.40. The molecule has 8 heteroatoms. The molecular weight excluding hydrogens is 409 g/mol. The Morgan fingerprint density at radius 1 is 1.14 bits per heavy atom. The van der Waals surface area contributed by atoms with Crippen molar-refractivity contribution < 1.29 is 27.1 Å². The molecule has 0 aliphatic heterocycles. The average Bonchev–Trinajstić information content (AvgIpc) is 2.65. The van der Waals surface area contributed by atoms with Crippen LogP contribution < -0.4 is 14.9 Å². The van der Waals surface area contributed by atoms with Crippen LogP contribution in [0.5, 0.6) is 17.2 Å². The molecule has 0 spiro atoms. The van der Waals surface area contributed by atoms with Crippen molar-refractivity contribution in [3.8, 4) is 17.2 Å². The van der Waals surface area contributed by atoms with Crippen LogP contribution >= 0.6 is 11.6 Å². The summed E-state index contributed by atoms with van der Waals surface area (Å²) in [6.45, 7) is 7.01. The summed E-state index contributed by atoms with van der Waals surface area (Å²) in [6, 6.07) is 6.90. The van der Waals surface area contributed by atoms with Gasteiger partial charge in [-0.3, -0.25) is 4.79 Å². The van der Waals surface area contributed by atoms with Gasteiger partial charge in [-0.2, -0.15) is 13.2 Å². The highest BCUT2D eigenvalue weighted by Crippen LogP contribution is 2.39. The molecule has 0 aliphatic rings. The number of rotatable bonds is 5. The maximum absolute atomic E-state index is 13.6. The summed E-state index contributed by atoms with van der Waals surface area (Å²) in [6.07, 6.45) is -3.47. The number of alkyl halides is 3. The van der Waals surface area contributed by atoms with Crippen molar-refractivity contribution in [2.45, 2.75) is 20.0 Å². The Kier molecular flexibility index (Phi) is 5.61. The van der Waals surface area contributed by atoms with Crippen molar-refractivity contribution in [1.82, 2.24) is 0 Å². The van der Waals surface area contributed by atoms with E-state index < -0.39 is 23.1 Å². The van der Waals surface area contributed by atoms with Gasteiger partial charge in [0, 0.05) is 11.1 Å². The van der Waals surface area contributed by atoms with Crippen LogP contribution in [-0.2, 0) is 6.18 Å². The minimum Gasteiger partial charge on any atom is -0.489 e. The van der Waals surface area contributed by atoms with Crippen molar-refractivity contribution in [2.75, 3.05) is 6.61 Å². The number of aryl methyl sites for hydroxylation is 2. The molecule has 3 rings (SSSR count). The van der Waals surface area contributed by atoms with E-state index in [1.165, 1.54) is 36.4 Å². The molecule has 0 atom stereocenters. The zero-order chi connectivity index (χ0) is 21.3. The predicted molar refractivity (Wildman–Crippen MR) is 104 cm³/mol. The summed E-state index contributed by atoms with van der Waals surface area (Å²) in [5, 5.41) is 0.396. The van der Waals surface area contributed by atoms with Gasteiger partial charge in [-0.15, -0.1) is 0 Å². The first-order valence-electron chi connectivity index (χ1n) is 8.48. The minimum absolute atomic E-state index is 0.0486. The quantitative estimate of drug-likeness (QED) is 0.442. The van der Waals surface area contributed by atoms with Gasteiger partial charge in [-0.1, -0.05) is 24.3 Å². The van der Waals surface area contributed by atoms with Crippen LogP contribution in [0.15, 0.2) is 52.2 Å². The normalized spacial score (nSPS) is 11.5. The predicted octanol–water partition coefficient (Wildman–Crippen LogP) is 6.44. The molecule has 0 saturated heterocycles. The largest absolute Gasteiger partial charge is 0.489 e. The van der Waals surface area contributed by atoms with E-state index in [4.69, 9.17) is 25.5 Å². The Labute approximate surface area is 169 Å². The minimum atomic E-state index is -4.95. The highest BCUT2D eigenvalue weighted by molar-refractivity contribution is 6.32. The molecule has 29 heavy (non-hydrogen) atoms. The zero-order valence-corrected chi connectivity index (χ0v) is 16.3. The van der Waals surface area contributed by atoms with E-state index in [0.717, 1.165) is 0 Å². The second-order valence-corrected chi connectivity index (χ2v) is 6.70. The van der Waals surface area contributed by atoms with Crippen molar-refractivity contribution in [3.63, 3.8) is 0 Å². The molecule has 0 radical (unpaired) electrons. The molecular formula is C21H16ClF3O4. The van der Waals surface area contributed by atoms with Gasteiger partial charge >= 0.3 is 6.18 Å². The van der Waals surface area contributed by atoms with E-state index in [1.54, 1.807) is 13.8 Å². The average molecular weight is 425 g/mol. The molecule has 0 bridgehead atoms. The Morgan fingerprint density at radius 2 is 1.79 bits per heavy atom. The van der Waals surface area contributed by atoms with E-state index in [1.807, 2.05) is 0 Å².